The topological polar surface area (TPSA) is 94.7 Å². The van der Waals surface area contributed by atoms with Crippen molar-refractivity contribution in [2.75, 3.05) is 31.5 Å². The highest BCUT2D eigenvalue weighted by Crippen LogP contribution is 2.12. The average molecular weight is 414 g/mol. The zero-order valence-corrected chi connectivity index (χ0v) is 17.2. The van der Waals surface area contributed by atoms with Crippen LogP contribution in [0.3, 0.4) is 0 Å². The number of amides is 1. The predicted molar refractivity (Wildman–Crippen MR) is 111 cm³/mol. The van der Waals surface area contributed by atoms with Gasteiger partial charge in [-0.3, -0.25) is 4.79 Å². The lowest BCUT2D eigenvalue weighted by molar-refractivity contribution is -0.917. The molecule has 0 bridgehead atoms. The van der Waals surface area contributed by atoms with Gasteiger partial charge >= 0.3 is 0 Å². The monoisotopic (exact) mass is 413 g/mol. The van der Waals surface area contributed by atoms with Gasteiger partial charge in [0, 0.05) is 5.69 Å². The van der Waals surface area contributed by atoms with Crippen LogP contribution in [-0.4, -0.2) is 50.9 Å². The zero-order chi connectivity index (χ0) is 20.9. The molecule has 0 unspecified atom stereocenters. The number of hydrogen-bond acceptors (Lipinski definition) is 4. The molecule has 1 aliphatic heterocycles. The van der Waals surface area contributed by atoms with Crippen LogP contribution in [0.15, 0.2) is 54.6 Å². The van der Waals surface area contributed by atoms with Crippen molar-refractivity contribution in [1.29, 1.82) is 5.26 Å². The van der Waals surface area contributed by atoms with Crippen molar-refractivity contribution >= 4 is 21.6 Å². The molecule has 8 heteroatoms. The number of anilines is 1. The van der Waals surface area contributed by atoms with Crippen molar-refractivity contribution in [3.05, 3.63) is 65.7 Å². The van der Waals surface area contributed by atoms with Crippen molar-refractivity contribution in [1.82, 2.24) is 4.31 Å². The maximum atomic E-state index is 12.7. The Morgan fingerprint density at radius 3 is 2.52 bits per heavy atom. The lowest BCUT2D eigenvalue weighted by atomic mass is 10.2. The fraction of sp³-hybridized carbons (Fsp3) is 0.333. The van der Waals surface area contributed by atoms with Crippen molar-refractivity contribution < 1.29 is 18.1 Å². The van der Waals surface area contributed by atoms with E-state index in [0.29, 0.717) is 37.4 Å². The molecule has 152 valence electrons. The molecule has 2 aromatic rings. The SMILES string of the molecule is C[C@H](C(=O)Nc1cccc(C#N)c1)[NH+]1CCN(S(=O)(=O)Cc2ccccc2)CC1. The van der Waals surface area contributed by atoms with Gasteiger partial charge in [-0.1, -0.05) is 36.4 Å². The maximum Gasteiger partial charge on any atom is 0.282 e. The Morgan fingerprint density at radius 2 is 1.86 bits per heavy atom. The van der Waals surface area contributed by atoms with E-state index in [2.05, 4.69) is 11.4 Å². The van der Waals surface area contributed by atoms with E-state index in [1.807, 2.05) is 37.3 Å². The number of hydrogen-bond donors (Lipinski definition) is 2. The van der Waals surface area contributed by atoms with Gasteiger partial charge < -0.3 is 10.2 Å². The Balaban J connectivity index is 1.55. The number of quaternary nitrogens is 1. The number of nitrogens with zero attached hydrogens (tertiary/aromatic N) is 2. The maximum absolute atomic E-state index is 12.7. The molecule has 2 N–H and O–H groups in total. The predicted octanol–water partition coefficient (Wildman–Crippen LogP) is 0.616. The van der Waals surface area contributed by atoms with E-state index in [1.165, 1.54) is 4.31 Å². The van der Waals surface area contributed by atoms with Crippen LogP contribution in [0, 0.1) is 11.3 Å². The fourth-order valence-corrected chi connectivity index (χ4v) is 5.00. The summed E-state index contributed by atoms with van der Waals surface area (Å²) in [5.41, 5.74) is 1.85. The molecule has 2 aromatic carbocycles. The summed E-state index contributed by atoms with van der Waals surface area (Å²) in [5.74, 6) is -0.148. The van der Waals surface area contributed by atoms with E-state index in [9.17, 15) is 13.2 Å². The smallest absolute Gasteiger partial charge is 0.282 e. The standard InChI is InChI=1S/C21H24N4O3S/c1-17(21(26)23-20-9-5-8-19(14-20)15-22)24-10-12-25(13-11-24)29(27,28)16-18-6-3-2-4-7-18/h2-9,14,17H,10-13,16H2,1H3,(H,23,26)/p+1/t17-/m1/s1. The van der Waals surface area contributed by atoms with Crippen LogP contribution in [0.1, 0.15) is 18.1 Å². The minimum absolute atomic E-state index is 0.00551. The number of carbonyl (C=O) groups is 1. The Bertz CT molecular complexity index is 994. The van der Waals surface area contributed by atoms with Gasteiger partial charge in [0.1, 0.15) is 0 Å². The van der Waals surface area contributed by atoms with Crippen molar-refractivity contribution in [2.24, 2.45) is 0 Å². The first-order chi connectivity index (χ1) is 13.9. The number of piperazine rings is 1. The summed E-state index contributed by atoms with van der Waals surface area (Å²) >= 11 is 0. The molecular formula is C21H25N4O3S+. The zero-order valence-electron chi connectivity index (χ0n) is 16.3. The summed E-state index contributed by atoms with van der Waals surface area (Å²) in [6, 6.07) is 17.7. The van der Waals surface area contributed by atoms with E-state index < -0.39 is 10.0 Å². The highest BCUT2D eigenvalue weighted by molar-refractivity contribution is 7.88. The molecule has 0 aromatic heterocycles. The number of benzene rings is 2. The molecule has 0 saturated carbocycles. The van der Waals surface area contributed by atoms with Crippen molar-refractivity contribution in [3.63, 3.8) is 0 Å². The largest absolute Gasteiger partial charge is 0.323 e. The number of sulfonamides is 1. The Labute approximate surface area is 171 Å². The van der Waals surface area contributed by atoms with Gasteiger partial charge in [0.15, 0.2) is 6.04 Å². The summed E-state index contributed by atoms with van der Waals surface area (Å²) in [7, 11) is -3.37. The molecular weight excluding hydrogens is 388 g/mol. The lowest BCUT2D eigenvalue weighted by Crippen LogP contribution is -3.19. The third kappa shape index (κ3) is 5.41. The molecule has 1 atom stereocenters. The van der Waals surface area contributed by atoms with Gasteiger partial charge in [0.05, 0.1) is 43.6 Å². The highest BCUT2D eigenvalue weighted by atomic mass is 32.2. The third-order valence-corrected chi connectivity index (χ3v) is 7.06. The first-order valence-electron chi connectivity index (χ1n) is 9.56. The van der Waals surface area contributed by atoms with Gasteiger partial charge in [0.2, 0.25) is 10.0 Å². The molecule has 7 nitrogen and oxygen atoms in total. The van der Waals surface area contributed by atoms with Crippen LogP contribution >= 0.6 is 0 Å². The van der Waals surface area contributed by atoms with E-state index in [1.54, 1.807) is 24.3 Å². The van der Waals surface area contributed by atoms with Gasteiger partial charge in [0.25, 0.3) is 5.91 Å². The molecule has 0 spiro atoms. The van der Waals surface area contributed by atoms with Gasteiger partial charge in [-0.05, 0) is 30.7 Å². The summed E-state index contributed by atoms with van der Waals surface area (Å²) < 4.78 is 26.9. The second-order valence-corrected chi connectivity index (χ2v) is 9.17. The molecule has 1 amide bonds. The summed E-state index contributed by atoms with van der Waals surface area (Å²) in [6.07, 6.45) is 0. The van der Waals surface area contributed by atoms with Gasteiger partial charge in [-0.15, -0.1) is 0 Å². The van der Waals surface area contributed by atoms with Gasteiger partial charge in [-0.25, -0.2) is 8.42 Å². The van der Waals surface area contributed by atoms with Crippen LogP contribution in [-0.2, 0) is 20.6 Å². The normalized spacial score (nSPS) is 16.7. The van der Waals surface area contributed by atoms with Crippen molar-refractivity contribution in [3.8, 4) is 6.07 Å². The molecule has 0 radical (unpaired) electrons. The number of nitrogens with one attached hydrogen (secondary N) is 2. The number of nitriles is 1. The van der Waals surface area contributed by atoms with Gasteiger partial charge in [-0.2, -0.15) is 9.57 Å². The second kappa shape index (κ2) is 9.18. The molecule has 0 aliphatic carbocycles. The van der Waals surface area contributed by atoms with E-state index in [4.69, 9.17) is 5.26 Å². The van der Waals surface area contributed by atoms with E-state index in [-0.39, 0.29) is 17.7 Å². The second-order valence-electron chi connectivity index (χ2n) is 7.20. The van der Waals surface area contributed by atoms with Crippen LogP contribution < -0.4 is 10.2 Å². The van der Waals surface area contributed by atoms with Crippen LogP contribution in [0.4, 0.5) is 5.69 Å². The molecule has 3 rings (SSSR count). The average Bonchev–Trinajstić information content (AvgIpc) is 2.74. The first kappa shape index (κ1) is 21.0. The minimum Gasteiger partial charge on any atom is -0.323 e. The Kier molecular flexibility index (Phi) is 6.64. The minimum atomic E-state index is -3.37. The fourth-order valence-electron chi connectivity index (χ4n) is 3.46. The Morgan fingerprint density at radius 1 is 1.17 bits per heavy atom. The molecule has 1 heterocycles. The molecule has 29 heavy (non-hydrogen) atoms. The molecule has 1 saturated heterocycles. The highest BCUT2D eigenvalue weighted by Gasteiger charge is 2.33. The number of rotatable bonds is 6. The van der Waals surface area contributed by atoms with Crippen LogP contribution in [0.5, 0.6) is 0 Å². The van der Waals surface area contributed by atoms with E-state index >= 15 is 0 Å². The first-order valence-corrected chi connectivity index (χ1v) is 11.2. The summed E-state index contributed by atoms with van der Waals surface area (Å²) in [4.78, 5) is 13.6. The number of carbonyl (C=O) groups excluding carboxylic acids is 1. The lowest BCUT2D eigenvalue weighted by Gasteiger charge is -2.34. The molecule has 1 fully saturated rings. The van der Waals surface area contributed by atoms with Crippen LogP contribution in [0.2, 0.25) is 0 Å². The third-order valence-electron chi connectivity index (χ3n) is 5.21. The summed E-state index contributed by atoms with van der Waals surface area (Å²) in [5, 5.41) is 11.8. The molecule has 1 aliphatic rings. The summed E-state index contributed by atoms with van der Waals surface area (Å²) in [6.45, 7) is 3.77. The van der Waals surface area contributed by atoms with Crippen molar-refractivity contribution in [2.45, 2.75) is 18.7 Å². The van der Waals surface area contributed by atoms with E-state index in [0.717, 1.165) is 10.5 Å². The van der Waals surface area contributed by atoms with Crippen LogP contribution in [0.25, 0.3) is 0 Å². The quantitative estimate of drug-likeness (QED) is 0.726. The Hall–Kier alpha value is -2.73.